The standard InChI is InChI=1S/C10H11IO4/c1-14-9(12)5-3-2-4-6(5)10(13)15-8(4)7(3)11/h3-8H,2H2,1H3/t3-,4-,5-,6+,7-,8+/m1/s1. The highest BCUT2D eigenvalue weighted by Gasteiger charge is 2.68. The maximum absolute atomic E-state index is 11.6. The minimum Gasteiger partial charge on any atom is -0.469 e. The summed E-state index contributed by atoms with van der Waals surface area (Å²) in [5.41, 5.74) is 0. The van der Waals surface area contributed by atoms with E-state index in [2.05, 4.69) is 22.6 Å². The van der Waals surface area contributed by atoms with Crippen molar-refractivity contribution in [2.45, 2.75) is 16.4 Å². The molecule has 2 bridgehead atoms. The second-order valence-electron chi connectivity index (χ2n) is 4.48. The summed E-state index contributed by atoms with van der Waals surface area (Å²) in [4.78, 5) is 23.3. The molecule has 0 radical (unpaired) electrons. The largest absolute Gasteiger partial charge is 0.469 e. The van der Waals surface area contributed by atoms with Gasteiger partial charge in [0.05, 0.1) is 22.9 Å². The van der Waals surface area contributed by atoms with Crippen molar-refractivity contribution < 1.29 is 19.1 Å². The van der Waals surface area contributed by atoms with Crippen molar-refractivity contribution in [3.63, 3.8) is 0 Å². The number of hydrogen-bond acceptors (Lipinski definition) is 4. The molecular formula is C10H11IO4. The molecule has 0 aromatic carbocycles. The highest BCUT2D eigenvalue weighted by molar-refractivity contribution is 14.1. The van der Waals surface area contributed by atoms with E-state index in [0.29, 0.717) is 0 Å². The molecule has 5 heteroatoms. The predicted octanol–water partition coefficient (Wildman–Crippen LogP) is 0.770. The van der Waals surface area contributed by atoms with Gasteiger partial charge in [-0.05, 0) is 12.3 Å². The Morgan fingerprint density at radius 2 is 2.27 bits per heavy atom. The Bertz CT molecular complexity index is 342. The number of ether oxygens (including phenoxy) is 2. The molecule has 1 aliphatic heterocycles. The first-order valence-electron chi connectivity index (χ1n) is 5.07. The molecule has 3 fully saturated rings. The molecule has 0 N–H and O–H groups in total. The summed E-state index contributed by atoms with van der Waals surface area (Å²) >= 11 is 2.30. The Labute approximate surface area is 101 Å². The van der Waals surface area contributed by atoms with Crippen LogP contribution in [0.4, 0.5) is 0 Å². The molecule has 3 rings (SSSR count). The van der Waals surface area contributed by atoms with Crippen LogP contribution in [0.5, 0.6) is 0 Å². The van der Waals surface area contributed by atoms with Gasteiger partial charge in [-0.1, -0.05) is 22.6 Å². The van der Waals surface area contributed by atoms with Gasteiger partial charge >= 0.3 is 11.9 Å². The molecule has 15 heavy (non-hydrogen) atoms. The number of carbonyl (C=O) groups is 2. The van der Waals surface area contributed by atoms with Crippen LogP contribution in [0.25, 0.3) is 0 Å². The van der Waals surface area contributed by atoms with E-state index in [9.17, 15) is 9.59 Å². The smallest absolute Gasteiger partial charge is 0.310 e. The number of halogens is 1. The Balaban J connectivity index is 1.98. The molecule has 1 heterocycles. The lowest BCUT2D eigenvalue weighted by Crippen LogP contribution is -2.38. The van der Waals surface area contributed by atoms with Crippen LogP contribution in [0.15, 0.2) is 0 Å². The van der Waals surface area contributed by atoms with E-state index in [1.807, 2.05) is 0 Å². The predicted molar refractivity (Wildman–Crippen MR) is 58.3 cm³/mol. The maximum atomic E-state index is 11.6. The average molecular weight is 322 g/mol. The zero-order valence-electron chi connectivity index (χ0n) is 8.18. The SMILES string of the molecule is COC(=O)[C@@H]1[C@H]2C[C@H]3[C@H](OC(=O)[C@@H]31)[C@@H]2I. The third-order valence-electron chi connectivity index (χ3n) is 4.00. The van der Waals surface area contributed by atoms with Crippen LogP contribution in [0, 0.1) is 23.7 Å². The third-order valence-corrected chi connectivity index (χ3v) is 5.63. The molecular weight excluding hydrogens is 311 g/mol. The van der Waals surface area contributed by atoms with Gasteiger partial charge in [0.2, 0.25) is 0 Å². The van der Waals surface area contributed by atoms with Crippen LogP contribution < -0.4 is 0 Å². The van der Waals surface area contributed by atoms with Gasteiger partial charge in [-0.25, -0.2) is 0 Å². The van der Waals surface area contributed by atoms with E-state index in [0.717, 1.165) is 6.42 Å². The molecule has 0 aromatic heterocycles. The quantitative estimate of drug-likeness (QED) is 0.407. The Hall–Kier alpha value is -0.330. The molecule has 0 unspecified atom stereocenters. The number of fused-ring (bicyclic) bond motifs is 1. The first-order chi connectivity index (χ1) is 7.15. The van der Waals surface area contributed by atoms with E-state index in [4.69, 9.17) is 9.47 Å². The summed E-state index contributed by atoms with van der Waals surface area (Å²) in [5.74, 6) is -0.391. The van der Waals surface area contributed by atoms with Crippen LogP contribution in [-0.4, -0.2) is 29.1 Å². The van der Waals surface area contributed by atoms with Gasteiger partial charge in [-0.15, -0.1) is 0 Å². The fourth-order valence-corrected chi connectivity index (χ4v) is 4.85. The molecule has 0 aromatic rings. The lowest BCUT2D eigenvalue weighted by atomic mass is 9.80. The van der Waals surface area contributed by atoms with Crippen molar-refractivity contribution in [2.75, 3.05) is 7.11 Å². The number of esters is 2. The zero-order valence-corrected chi connectivity index (χ0v) is 10.3. The third kappa shape index (κ3) is 1.07. The highest BCUT2D eigenvalue weighted by Crippen LogP contribution is 2.60. The highest BCUT2D eigenvalue weighted by atomic mass is 127. The van der Waals surface area contributed by atoms with Gasteiger partial charge in [0, 0.05) is 5.92 Å². The van der Waals surface area contributed by atoms with Crippen LogP contribution in [0.3, 0.4) is 0 Å². The maximum Gasteiger partial charge on any atom is 0.310 e. The summed E-state index contributed by atoms with van der Waals surface area (Å²) in [7, 11) is 1.38. The second-order valence-corrected chi connectivity index (χ2v) is 5.92. The van der Waals surface area contributed by atoms with Gasteiger partial charge < -0.3 is 9.47 Å². The van der Waals surface area contributed by atoms with E-state index in [1.165, 1.54) is 7.11 Å². The van der Waals surface area contributed by atoms with E-state index in [-0.39, 0.29) is 45.6 Å². The topological polar surface area (TPSA) is 52.6 Å². The van der Waals surface area contributed by atoms with Crippen molar-refractivity contribution in [2.24, 2.45) is 23.7 Å². The zero-order chi connectivity index (χ0) is 10.7. The average Bonchev–Trinajstić information content (AvgIpc) is 2.80. The summed E-state index contributed by atoms with van der Waals surface area (Å²) in [6.45, 7) is 0. The number of rotatable bonds is 1. The first kappa shape index (κ1) is 9.86. The summed E-state index contributed by atoms with van der Waals surface area (Å²) < 4.78 is 10.4. The Morgan fingerprint density at radius 1 is 1.53 bits per heavy atom. The normalized spacial score (nSPS) is 50.7. The molecule has 4 nitrogen and oxygen atoms in total. The van der Waals surface area contributed by atoms with Crippen molar-refractivity contribution in [3.05, 3.63) is 0 Å². The van der Waals surface area contributed by atoms with E-state index in [1.54, 1.807) is 0 Å². The summed E-state index contributed by atoms with van der Waals surface area (Å²) in [5, 5.41) is 0. The van der Waals surface area contributed by atoms with Crippen molar-refractivity contribution in [3.8, 4) is 0 Å². The van der Waals surface area contributed by atoms with Crippen LogP contribution in [0.2, 0.25) is 0 Å². The van der Waals surface area contributed by atoms with Gasteiger partial charge in [0.25, 0.3) is 0 Å². The molecule has 2 aliphatic carbocycles. The van der Waals surface area contributed by atoms with E-state index < -0.39 is 0 Å². The summed E-state index contributed by atoms with van der Waals surface area (Å²) in [6.07, 6.45) is 0.989. The summed E-state index contributed by atoms with van der Waals surface area (Å²) in [6, 6.07) is 0. The second kappa shape index (κ2) is 3.09. The van der Waals surface area contributed by atoms with Gasteiger partial charge in [0.1, 0.15) is 6.10 Å². The molecule has 0 amide bonds. The molecule has 0 spiro atoms. The first-order valence-corrected chi connectivity index (χ1v) is 6.32. The van der Waals surface area contributed by atoms with E-state index >= 15 is 0 Å². The van der Waals surface area contributed by atoms with Gasteiger partial charge in [-0.3, -0.25) is 9.59 Å². The van der Waals surface area contributed by atoms with Crippen LogP contribution in [0.1, 0.15) is 6.42 Å². The molecule has 1 saturated heterocycles. The number of hydrogen-bond donors (Lipinski definition) is 0. The van der Waals surface area contributed by atoms with Crippen LogP contribution in [-0.2, 0) is 19.1 Å². The van der Waals surface area contributed by atoms with Crippen molar-refractivity contribution in [1.29, 1.82) is 0 Å². The Kier molecular flexibility index (Phi) is 2.03. The number of methoxy groups -OCH3 is 1. The van der Waals surface area contributed by atoms with Crippen LogP contribution >= 0.6 is 22.6 Å². The van der Waals surface area contributed by atoms with Crippen molar-refractivity contribution >= 4 is 34.5 Å². The molecule has 82 valence electrons. The van der Waals surface area contributed by atoms with Gasteiger partial charge in [-0.2, -0.15) is 0 Å². The minimum atomic E-state index is -0.256. The molecule has 6 atom stereocenters. The fourth-order valence-electron chi connectivity index (χ4n) is 3.43. The molecule has 2 saturated carbocycles. The number of alkyl halides is 1. The lowest BCUT2D eigenvalue weighted by molar-refractivity contribution is -0.153. The monoisotopic (exact) mass is 322 g/mol. The lowest BCUT2D eigenvalue weighted by Gasteiger charge is -2.26. The minimum absolute atomic E-state index is 0.0500. The Morgan fingerprint density at radius 3 is 2.93 bits per heavy atom. The van der Waals surface area contributed by atoms with Gasteiger partial charge in [0.15, 0.2) is 0 Å². The number of carbonyl (C=O) groups excluding carboxylic acids is 2. The molecule has 3 aliphatic rings. The van der Waals surface area contributed by atoms with Crippen molar-refractivity contribution in [1.82, 2.24) is 0 Å². The fraction of sp³-hybridized carbons (Fsp3) is 0.800.